The Morgan fingerprint density at radius 1 is 1.42 bits per heavy atom. The Hall–Kier alpha value is -1.56. The Morgan fingerprint density at radius 2 is 2.11 bits per heavy atom. The van der Waals surface area contributed by atoms with E-state index in [1.165, 1.54) is 30.0 Å². The summed E-state index contributed by atoms with van der Waals surface area (Å²) in [6, 6.07) is 4.10. The van der Waals surface area contributed by atoms with E-state index in [2.05, 4.69) is 5.32 Å². The maximum Gasteiger partial charge on any atom is 0.306 e. The fraction of sp³-hybridized carbons (Fsp3) is 0.385. The normalized spacial score (nSPS) is 21.6. The van der Waals surface area contributed by atoms with E-state index >= 15 is 0 Å². The van der Waals surface area contributed by atoms with Crippen LogP contribution in [0.3, 0.4) is 0 Å². The molecule has 6 heteroatoms. The van der Waals surface area contributed by atoms with E-state index in [-0.39, 0.29) is 23.7 Å². The summed E-state index contributed by atoms with van der Waals surface area (Å²) in [5, 5.41) is 11.5. The molecule has 1 fully saturated rings. The highest BCUT2D eigenvalue weighted by atomic mass is 32.2. The molecule has 0 heterocycles. The molecule has 2 N–H and O–H groups in total. The van der Waals surface area contributed by atoms with Crippen molar-refractivity contribution in [2.24, 2.45) is 5.92 Å². The lowest BCUT2D eigenvalue weighted by Gasteiger charge is -2.32. The lowest BCUT2D eigenvalue weighted by atomic mass is 9.80. The van der Waals surface area contributed by atoms with Gasteiger partial charge in [-0.3, -0.25) is 9.59 Å². The molecule has 0 aliphatic heterocycles. The van der Waals surface area contributed by atoms with Gasteiger partial charge in [-0.2, -0.15) is 0 Å². The number of carboxylic acids is 1. The van der Waals surface area contributed by atoms with Crippen molar-refractivity contribution in [2.75, 3.05) is 6.26 Å². The van der Waals surface area contributed by atoms with E-state index < -0.39 is 5.97 Å². The fourth-order valence-corrected chi connectivity index (χ4v) is 2.51. The van der Waals surface area contributed by atoms with Crippen LogP contribution in [0.4, 0.5) is 4.39 Å². The van der Waals surface area contributed by atoms with Crippen molar-refractivity contribution in [3.63, 3.8) is 0 Å². The molecule has 0 radical (unpaired) electrons. The van der Waals surface area contributed by atoms with Gasteiger partial charge in [0, 0.05) is 16.5 Å². The minimum atomic E-state index is -0.822. The monoisotopic (exact) mass is 283 g/mol. The Balaban J connectivity index is 1.96. The quantitative estimate of drug-likeness (QED) is 0.831. The summed E-state index contributed by atoms with van der Waals surface area (Å²) in [7, 11) is 0. The molecule has 0 saturated heterocycles. The number of amides is 1. The first-order valence-electron chi connectivity index (χ1n) is 5.88. The highest BCUT2D eigenvalue weighted by Gasteiger charge is 2.35. The molecule has 2 rings (SSSR count). The van der Waals surface area contributed by atoms with E-state index in [1.807, 2.05) is 0 Å². The van der Waals surface area contributed by atoms with Crippen LogP contribution in [0.1, 0.15) is 23.2 Å². The predicted octanol–water partition coefficient (Wildman–Crippen LogP) is 2.14. The summed E-state index contributed by atoms with van der Waals surface area (Å²) in [4.78, 5) is 23.0. The van der Waals surface area contributed by atoms with Gasteiger partial charge < -0.3 is 10.4 Å². The molecule has 4 nitrogen and oxygen atoms in total. The van der Waals surface area contributed by atoms with Crippen LogP contribution in [0.2, 0.25) is 0 Å². The summed E-state index contributed by atoms with van der Waals surface area (Å²) in [6.45, 7) is 0. The lowest BCUT2D eigenvalue weighted by Crippen LogP contribution is -2.46. The SMILES string of the molecule is CSc1cc(C(=O)NC2CC(C(=O)O)C2)ccc1F. The minimum Gasteiger partial charge on any atom is -0.481 e. The van der Waals surface area contributed by atoms with E-state index in [9.17, 15) is 14.0 Å². The van der Waals surface area contributed by atoms with Crippen LogP contribution in [-0.4, -0.2) is 29.3 Å². The van der Waals surface area contributed by atoms with Crippen LogP contribution in [-0.2, 0) is 4.79 Å². The van der Waals surface area contributed by atoms with Gasteiger partial charge >= 0.3 is 5.97 Å². The van der Waals surface area contributed by atoms with Crippen molar-refractivity contribution in [2.45, 2.75) is 23.8 Å². The van der Waals surface area contributed by atoms with Crippen LogP contribution >= 0.6 is 11.8 Å². The number of benzene rings is 1. The predicted molar refractivity (Wildman–Crippen MR) is 69.8 cm³/mol. The molecule has 1 aliphatic carbocycles. The van der Waals surface area contributed by atoms with Crippen molar-refractivity contribution in [3.8, 4) is 0 Å². The molecule has 1 aliphatic rings. The molecule has 102 valence electrons. The van der Waals surface area contributed by atoms with Crippen molar-refractivity contribution in [3.05, 3.63) is 29.6 Å². The number of thioether (sulfide) groups is 1. The molecule has 19 heavy (non-hydrogen) atoms. The first-order valence-corrected chi connectivity index (χ1v) is 7.11. The zero-order chi connectivity index (χ0) is 14.0. The maximum absolute atomic E-state index is 13.3. The maximum atomic E-state index is 13.3. The molecule has 1 aromatic rings. The van der Waals surface area contributed by atoms with Crippen LogP contribution in [0.15, 0.2) is 23.1 Å². The first-order chi connectivity index (χ1) is 9.01. The zero-order valence-electron chi connectivity index (χ0n) is 10.4. The Kier molecular flexibility index (Phi) is 4.09. The number of carbonyl (C=O) groups excluding carboxylic acids is 1. The second-order valence-electron chi connectivity index (χ2n) is 4.53. The van der Waals surface area contributed by atoms with Crippen molar-refractivity contribution in [1.29, 1.82) is 0 Å². The van der Waals surface area contributed by atoms with Crippen LogP contribution in [0, 0.1) is 11.7 Å². The van der Waals surface area contributed by atoms with Gasteiger partial charge in [0.15, 0.2) is 0 Å². The molecule has 0 aromatic heterocycles. The van der Waals surface area contributed by atoms with Gasteiger partial charge in [0.2, 0.25) is 0 Å². The largest absolute Gasteiger partial charge is 0.481 e. The molecule has 1 saturated carbocycles. The second-order valence-corrected chi connectivity index (χ2v) is 5.37. The van der Waals surface area contributed by atoms with Crippen LogP contribution in [0.25, 0.3) is 0 Å². The number of hydrogen-bond donors (Lipinski definition) is 2. The highest BCUT2D eigenvalue weighted by Crippen LogP contribution is 2.28. The van der Waals surface area contributed by atoms with Gasteiger partial charge in [0.25, 0.3) is 5.91 Å². The van der Waals surface area contributed by atoms with Crippen molar-refractivity contribution >= 4 is 23.6 Å². The second kappa shape index (κ2) is 5.61. The summed E-state index contributed by atoms with van der Waals surface area (Å²) < 4.78 is 13.3. The molecule has 0 unspecified atom stereocenters. The average Bonchev–Trinajstić information content (AvgIpc) is 2.33. The molecule has 1 aromatic carbocycles. The number of hydrogen-bond acceptors (Lipinski definition) is 3. The number of nitrogens with one attached hydrogen (secondary N) is 1. The third-order valence-electron chi connectivity index (χ3n) is 3.24. The number of carbonyl (C=O) groups is 2. The summed E-state index contributed by atoms with van der Waals surface area (Å²) in [5.74, 6) is -1.82. The topological polar surface area (TPSA) is 66.4 Å². The van der Waals surface area contributed by atoms with Gasteiger partial charge in [-0.1, -0.05) is 0 Å². The molecule has 0 spiro atoms. The number of halogens is 1. The van der Waals surface area contributed by atoms with Gasteiger partial charge in [0.05, 0.1) is 5.92 Å². The Labute approximate surface area is 114 Å². The van der Waals surface area contributed by atoms with Crippen molar-refractivity contribution in [1.82, 2.24) is 5.32 Å². The zero-order valence-corrected chi connectivity index (χ0v) is 11.2. The van der Waals surface area contributed by atoms with E-state index in [4.69, 9.17) is 5.11 Å². The number of carboxylic acid groups (broad SMARTS) is 1. The summed E-state index contributed by atoms with van der Waals surface area (Å²) in [6.07, 6.45) is 2.65. The van der Waals surface area contributed by atoms with Crippen LogP contribution < -0.4 is 5.32 Å². The smallest absolute Gasteiger partial charge is 0.306 e. The van der Waals surface area contributed by atoms with Gasteiger partial charge in [-0.25, -0.2) is 4.39 Å². The van der Waals surface area contributed by atoms with Gasteiger partial charge in [-0.15, -0.1) is 11.8 Å². The number of rotatable bonds is 4. The standard InChI is InChI=1S/C13H14FNO3S/c1-19-11-6-7(2-3-10(11)14)12(16)15-9-4-8(5-9)13(17)18/h2-3,6,8-9H,4-5H2,1H3,(H,15,16)(H,17,18). The van der Waals surface area contributed by atoms with Gasteiger partial charge in [0.1, 0.15) is 5.82 Å². The number of aliphatic carboxylic acids is 1. The lowest BCUT2D eigenvalue weighted by molar-refractivity contribution is -0.145. The third kappa shape index (κ3) is 3.07. The third-order valence-corrected chi connectivity index (χ3v) is 3.99. The molecular formula is C13H14FNO3S. The fourth-order valence-electron chi connectivity index (χ4n) is 2.01. The molecule has 0 atom stereocenters. The average molecular weight is 283 g/mol. The first kappa shape index (κ1) is 13.9. The van der Waals surface area contributed by atoms with Crippen molar-refractivity contribution < 1.29 is 19.1 Å². The van der Waals surface area contributed by atoms with Crippen LogP contribution in [0.5, 0.6) is 0 Å². The van der Waals surface area contributed by atoms with E-state index in [0.717, 1.165) is 0 Å². The summed E-state index contributed by atoms with van der Waals surface area (Å²) >= 11 is 1.24. The highest BCUT2D eigenvalue weighted by molar-refractivity contribution is 7.98. The van der Waals surface area contributed by atoms with Gasteiger partial charge in [-0.05, 0) is 37.3 Å². The summed E-state index contributed by atoms with van der Waals surface area (Å²) in [5.41, 5.74) is 0.393. The molecule has 1 amide bonds. The Bertz CT molecular complexity index is 515. The van der Waals surface area contributed by atoms with E-state index in [0.29, 0.717) is 23.3 Å². The minimum absolute atomic E-state index is 0.101. The Morgan fingerprint density at radius 3 is 2.68 bits per heavy atom. The molecule has 0 bridgehead atoms. The van der Waals surface area contributed by atoms with E-state index in [1.54, 1.807) is 6.26 Å². The molecular weight excluding hydrogens is 269 g/mol.